The van der Waals surface area contributed by atoms with Crippen molar-refractivity contribution in [3.63, 3.8) is 0 Å². The first-order valence-electron chi connectivity index (χ1n) is 27.6. The lowest BCUT2D eigenvalue weighted by atomic mass is 10.0. The number of nitrogens with zero attached hydrogens (tertiary/aromatic N) is 7. The number of halogens is 2. The molecule has 0 radical (unpaired) electrons. The van der Waals surface area contributed by atoms with Crippen molar-refractivity contribution in [2.45, 2.75) is 0 Å². The van der Waals surface area contributed by atoms with Crippen LogP contribution in [0.2, 0.25) is 5.02 Å². The number of furan rings is 2. The molecular weight excluding hydrogens is 1120 g/mol. The summed E-state index contributed by atoms with van der Waals surface area (Å²) in [6.45, 7) is 0. The van der Waals surface area contributed by atoms with Gasteiger partial charge in [0.25, 0.3) is 0 Å². The lowest BCUT2D eigenvalue weighted by Gasteiger charge is -2.10. The van der Waals surface area contributed by atoms with Gasteiger partial charge in [0.15, 0.2) is 0 Å². The molecule has 9 aromatic heterocycles. The van der Waals surface area contributed by atoms with E-state index in [1.807, 2.05) is 60.8 Å². The average molecular weight is 1170 g/mol. The minimum atomic E-state index is 0.646. The zero-order chi connectivity index (χ0) is 55.6. The van der Waals surface area contributed by atoms with Crippen LogP contribution in [0.4, 0.5) is 0 Å². The van der Waals surface area contributed by atoms with Gasteiger partial charge in [-0.15, -0.1) is 0 Å². The normalized spacial score (nSPS) is 11.9. The van der Waals surface area contributed by atoms with Crippen molar-refractivity contribution in [1.29, 1.82) is 0 Å². The minimum Gasteiger partial charge on any atom is -0.455 e. The molecule has 0 amide bonds. The number of nitrogens with one attached hydrogen (secondary N) is 1. The fourth-order valence-corrected chi connectivity index (χ4v) is 12.9. The van der Waals surface area contributed by atoms with Gasteiger partial charge in [-0.05, 0) is 149 Å². The van der Waals surface area contributed by atoms with Gasteiger partial charge >= 0.3 is 0 Å². The topological polar surface area (TPSA) is 108 Å². The van der Waals surface area contributed by atoms with E-state index in [1.165, 1.54) is 0 Å². The van der Waals surface area contributed by atoms with Crippen LogP contribution in [0.25, 0.3) is 160 Å². The lowest BCUT2D eigenvalue weighted by Crippen LogP contribution is -1.95. The van der Waals surface area contributed by atoms with Gasteiger partial charge in [-0.2, -0.15) is 0 Å². The second-order valence-electron chi connectivity index (χ2n) is 20.9. The van der Waals surface area contributed by atoms with Gasteiger partial charge in [-0.1, -0.05) is 121 Å². The number of benzene rings is 10. The summed E-state index contributed by atoms with van der Waals surface area (Å²) in [5.41, 5.74) is 17.2. The molecular formula is C72H42BrClN8O2. The van der Waals surface area contributed by atoms with Crippen LogP contribution in [0.15, 0.2) is 262 Å². The molecule has 10 nitrogen and oxygen atoms in total. The van der Waals surface area contributed by atoms with E-state index < -0.39 is 0 Å². The summed E-state index contributed by atoms with van der Waals surface area (Å²) in [5.74, 6) is 0.867. The molecule has 19 aromatic rings. The molecule has 1 N–H and O–H groups in total. The Kier molecular flexibility index (Phi) is 10.9. The summed E-state index contributed by atoms with van der Waals surface area (Å²) >= 11 is 8.75. The summed E-state index contributed by atoms with van der Waals surface area (Å²) in [7, 11) is 0. The van der Waals surface area contributed by atoms with Crippen LogP contribution in [-0.4, -0.2) is 38.5 Å². The Labute approximate surface area is 490 Å². The smallest absolute Gasteiger partial charge is 0.147 e. The Hall–Kier alpha value is -10.6. The zero-order valence-electron chi connectivity index (χ0n) is 44.4. The van der Waals surface area contributed by atoms with Crippen molar-refractivity contribution >= 4 is 165 Å². The van der Waals surface area contributed by atoms with E-state index in [0.717, 1.165) is 160 Å². The van der Waals surface area contributed by atoms with Crippen molar-refractivity contribution in [3.05, 3.63) is 259 Å². The standard InChI is InChI=1S/C36H20N4O.C31H19N3O.C5H3BrClN/c1-2-9-21(10-3-1)39-30-17-16-23-22-11-4-7-15-32(22)41-34(23)33(30)27-19-25-24-12-8-18-37-35(24)40-29-14-6-5-13-28(29)38-36(40)26(25)20-31(27)39;1-2-8-20(9-3-1)34-26-17-16-22-21-10-4-7-13-28(21)35-30(22)29(26)23-15-14-19(18-27(23)34)31-32-24-11-5-6-12-25(24)33-31;6-5-4(7)2-1-3-8-5/h1-20H;1-18H,(H,32,33);1-3H. The maximum Gasteiger partial charge on any atom is 0.147 e. The molecule has 10 aromatic carbocycles. The Morgan fingerprint density at radius 2 is 0.964 bits per heavy atom. The van der Waals surface area contributed by atoms with Gasteiger partial charge in [0.2, 0.25) is 0 Å². The van der Waals surface area contributed by atoms with E-state index in [9.17, 15) is 0 Å². The monoisotopic (exact) mass is 1160 g/mol. The van der Waals surface area contributed by atoms with Crippen LogP contribution < -0.4 is 0 Å². The van der Waals surface area contributed by atoms with Gasteiger partial charge in [0.1, 0.15) is 44.1 Å². The fraction of sp³-hybridized carbons (Fsp3) is 0. The van der Waals surface area contributed by atoms with E-state index in [2.05, 4.69) is 209 Å². The molecule has 0 aliphatic carbocycles. The van der Waals surface area contributed by atoms with Crippen LogP contribution in [0.1, 0.15) is 0 Å². The van der Waals surface area contributed by atoms with Crippen molar-refractivity contribution in [2.75, 3.05) is 0 Å². The van der Waals surface area contributed by atoms with Gasteiger partial charge < -0.3 is 23.0 Å². The number of H-pyrrole nitrogens is 1. The third kappa shape index (κ3) is 7.42. The van der Waals surface area contributed by atoms with Crippen molar-refractivity contribution in [1.82, 2.24) is 38.5 Å². The molecule has 0 fully saturated rings. The first kappa shape index (κ1) is 48.1. The Morgan fingerprint density at radius 3 is 1.63 bits per heavy atom. The molecule has 0 unspecified atom stereocenters. The van der Waals surface area contributed by atoms with Crippen LogP contribution >= 0.6 is 27.5 Å². The SMILES string of the molecule is Clc1cccnc1Br.c1ccc(-n2c3cc(-c4nc5ccccc5[nH]4)ccc3c3c4oc5ccccc5c4ccc32)cc1.c1ccc(-n2c3cc4c(cc3c3c5oc6ccccc6c5ccc32)c2cccnc2n2c3ccccc3nc42)cc1. The summed E-state index contributed by atoms with van der Waals surface area (Å²) in [6, 6.07) is 81.8. The third-order valence-electron chi connectivity index (χ3n) is 16.2. The summed E-state index contributed by atoms with van der Waals surface area (Å²) < 4.78 is 20.6. The highest BCUT2D eigenvalue weighted by Crippen LogP contribution is 2.45. The first-order valence-corrected chi connectivity index (χ1v) is 28.7. The molecule has 0 saturated carbocycles. The van der Waals surface area contributed by atoms with E-state index in [4.69, 9.17) is 35.4 Å². The van der Waals surface area contributed by atoms with Gasteiger partial charge in [0, 0.05) is 72.4 Å². The molecule has 0 aliphatic rings. The predicted octanol–water partition coefficient (Wildman–Crippen LogP) is 19.9. The number of hydrogen-bond donors (Lipinski definition) is 1. The highest BCUT2D eigenvalue weighted by Gasteiger charge is 2.24. The second kappa shape index (κ2) is 19.0. The molecule has 19 rings (SSSR count). The van der Waals surface area contributed by atoms with Crippen LogP contribution in [-0.2, 0) is 0 Å². The maximum absolute atomic E-state index is 6.59. The zero-order valence-corrected chi connectivity index (χ0v) is 46.7. The molecule has 12 heteroatoms. The Morgan fingerprint density at radius 1 is 0.393 bits per heavy atom. The predicted molar refractivity (Wildman–Crippen MR) is 347 cm³/mol. The lowest BCUT2D eigenvalue weighted by molar-refractivity contribution is 0.672. The number of aromatic amines is 1. The summed E-state index contributed by atoms with van der Waals surface area (Å²) in [5, 5.41) is 13.1. The Bertz CT molecular complexity index is 5800. The number of imidazole rings is 2. The van der Waals surface area contributed by atoms with Gasteiger partial charge in [-0.25, -0.2) is 19.9 Å². The highest BCUT2D eigenvalue weighted by molar-refractivity contribution is 9.10. The van der Waals surface area contributed by atoms with Crippen molar-refractivity contribution in [3.8, 4) is 22.8 Å². The minimum absolute atomic E-state index is 0.646. The Balaban J connectivity index is 0.000000118. The molecule has 0 spiro atoms. The van der Waals surface area contributed by atoms with Crippen molar-refractivity contribution in [2.24, 2.45) is 0 Å². The number of para-hydroxylation sites is 8. The van der Waals surface area contributed by atoms with Crippen LogP contribution in [0, 0.1) is 0 Å². The van der Waals surface area contributed by atoms with Crippen LogP contribution in [0.3, 0.4) is 0 Å². The number of fused-ring (bicyclic) bond motifs is 23. The summed E-state index contributed by atoms with van der Waals surface area (Å²) in [4.78, 5) is 22.2. The molecule has 0 bridgehead atoms. The molecule has 84 heavy (non-hydrogen) atoms. The molecule has 0 saturated heterocycles. The second-order valence-corrected chi connectivity index (χ2v) is 22.0. The number of pyridine rings is 3. The van der Waals surface area contributed by atoms with Gasteiger partial charge in [-0.3, -0.25) is 4.40 Å². The summed E-state index contributed by atoms with van der Waals surface area (Å²) in [6.07, 6.45) is 3.54. The highest BCUT2D eigenvalue weighted by atomic mass is 79.9. The van der Waals surface area contributed by atoms with E-state index in [1.54, 1.807) is 18.3 Å². The van der Waals surface area contributed by atoms with Crippen molar-refractivity contribution < 1.29 is 8.83 Å². The molecule has 9 heterocycles. The quantitative estimate of drug-likeness (QED) is 0.139. The number of hydrogen-bond acceptors (Lipinski definition) is 6. The molecule has 0 aliphatic heterocycles. The first-order chi connectivity index (χ1) is 41.5. The van der Waals surface area contributed by atoms with Crippen LogP contribution in [0.5, 0.6) is 0 Å². The number of aromatic nitrogens is 8. The third-order valence-corrected chi connectivity index (χ3v) is 17.3. The molecule has 396 valence electrons. The van der Waals surface area contributed by atoms with E-state index in [-0.39, 0.29) is 0 Å². The number of rotatable bonds is 3. The van der Waals surface area contributed by atoms with E-state index >= 15 is 0 Å². The average Bonchev–Trinajstić information content (AvgIpc) is 2.20. The fourth-order valence-electron chi connectivity index (χ4n) is 12.5. The molecule has 0 atom stereocenters. The largest absolute Gasteiger partial charge is 0.455 e. The maximum atomic E-state index is 6.59. The van der Waals surface area contributed by atoms with Gasteiger partial charge in [0.05, 0.1) is 59.9 Å². The van der Waals surface area contributed by atoms with E-state index in [0.29, 0.717) is 9.63 Å².